The molecule has 0 spiro atoms. The van der Waals surface area contributed by atoms with E-state index in [2.05, 4.69) is 20.7 Å². The molecule has 2 rings (SSSR count). The summed E-state index contributed by atoms with van der Waals surface area (Å²) in [6.07, 6.45) is 2.90. The molecular formula is C13H19BrN2O2S. The van der Waals surface area contributed by atoms with Crippen LogP contribution in [0, 0.1) is 12.8 Å². The van der Waals surface area contributed by atoms with Gasteiger partial charge in [-0.2, -0.15) is 0 Å². The first kappa shape index (κ1) is 15.0. The maximum Gasteiger partial charge on any atom is 0.241 e. The molecule has 0 aromatic heterocycles. The Morgan fingerprint density at radius 1 is 1.42 bits per heavy atom. The van der Waals surface area contributed by atoms with Gasteiger partial charge >= 0.3 is 0 Å². The Morgan fingerprint density at radius 3 is 2.84 bits per heavy atom. The molecule has 0 radical (unpaired) electrons. The van der Waals surface area contributed by atoms with Crippen LogP contribution in [0.2, 0.25) is 0 Å². The van der Waals surface area contributed by atoms with Crippen molar-refractivity contribution in [2.45, 2.75) is 37.1 Å². The molecule has 2 atom stereocenters. The van der Waals surface area contributed by atoms with E-state index >= 15 is 0 Å². The van der Waals surface area contributed by atoms with Crippen LogP contribution in [-0.2, 0) is 10.0 Å². The van der Waals surface area contributed by atoms with Crippen molar-refractivity contribution in [1.82, 2.24) is 4.72 Å². The van der Waals surface area contributed by atoms with Gasteiger partial charge in [0, 0.05) is 10.5 Å². The lowest BCUT2D eigenvalue weighted by Crippen LogP contribution is -2.40. The third-order valence-corrected chi connectivity index (χ3v) is 6.27. The highest BCUT2D eigenvalue weighted by atomic mass is 79.9. The first-order valence-electron chi connectivity index (χ1n) is 6.43. The predicted molar refractivity (Wildman–Crippen MR) is 79.4 cm³/mol. The van der Waals surface area contributed by atoms with Crippen molar-refractivity contribution < 1.29 is 8.42 Å². The standard InChI is InChI=1S/C13H19BrN2O2S/c1-9-11(14)5-3-7-13(9)19(17,18)16-12-6-2-4-10(12)8-15/h3,5,7,10,12,16H,2,4,6,8,15H2,1H3. The number of hydrogen-bond donors (Lipinski definition) is 2. The van der Waals surface area contributed by atoms with Gasteiger partial charge in [0.1, 0.15) is 0 Å². The van der Waals surface area contributed by atoms with Crippen molar-refractivity contribution in [2.24, 2.45) is 11.7 Å². The normalized spacial score (nSPS) is 23.7. The van der Waals surface area contributed by atoms with Crippen LogP contribution in [-0.4, -0.2) is 21.0 Å². The van der Waals surface area contributed by atoms with Crippen molar-refractivity contribution in [2.75, 3.05) is 6.54 Å². The number of rotatable bonds is 4. The predicted octanol–water partition coefficient (Wildman–Crippen LogP) is 2.16. The number of hydrogen-bond acceptors (Lipinski definition) is 3. The fourth-order valence-corrected chi connectivity index (χ4v) is 4.72. The van der Waals surface area contributed by atoms with Crippen LogP contribution < -0.4 is 10.5 Å². The molecule has 1 aliphatic carbocycles. The summed E-state index contributed by atoms with van der Waals surface area (Å²) in [7, 11) is -3.48. The summed E-state index contributed by atoms with van der Waals surface area (Å²) in [4.78, 5) is 0.338. The van der Waals surface area contributed by atoms with Crippen molar-refractivity contribution in [3.8, 4) is 0 Å². The molecule has 1 aromatic carbocycles. The minimum Gasteiger partial charge on any atom is -0.330 e. The topological polar surface area (TPSA) is 72.2 Å². The Bertz CT molecular complexity index is 560. The molecule has 0 bridgehead atoms. The Morgan fingerprint density at radius 2 is 2.16 bits per heavy atom. The summed E-state index contributed by atoms with van der Waals surface area (Å²) < 4.78 is 28.5. The number of nitrogens with two attached hydrogens (primary N) is 1. The van der Waals surface area contributed by atoms with Gasteiger partial charge in [0.15, 0.2) is 0 Å². The number of halogens is 1. The maximum atomic E-state index is 12.4. The smallest absolute Gasteiger partial charge is 0.241 e. The molecular weight excluding hydrogens is 328 g/mol. The summed E-state index contributed by atoms with van der Waals surface area (Å²) in [5.74, 6) is 0.252. The van der Waals surface area contributed by atoms with Crippen LogP contribution in [0.25, 0.3) is 0 Å². The quantitative estimate of drug-likeness (QED) is 0.877. The molecule has 3 N–H and O–H groups in total. The molecule has 6 heteroatoms. The SMILES string of the molecule is Cc1c(Br)cccc1S(=O)(=O)NC1CCCC1CN. The van der Waals surface area contributed by atoms with Gasteiger partial charge in [-0.3, -0.25) is 0 Å². The number of sulfonamides is 1. The van der Waals surface area contributed by atoms with Gasteiger partial charge < -0.3 is 5.73 Å². The molecule has 0 amide bonds. The van der Waals surface area contributed by atoms with Gasteiger partial charge in [-0.05, 0) is 49.9 Å². The zero-order chi connectivity index (χ0) is 14.0. The minimum absolute atomic E-state index is 0.0339. The van der Waals surface area contributed by atoms with Crippen LogP contribution in [0.15, 0.2) is 27.6 Å². The lowest BCUT2D eigenvalue weighted by atomic mass is 10.1. The van der Waals surface area contributed by atoms with E-state index in [1.807, 2.05) is 6.07 Å². The Labute approximate surface area is 122 Å². The Kier molecular flexibility index (Phi) is 4.66. The Hall–Kier alpha value is -0.430. The molecule has 0 heterocycles. The van der Waals surface area contributed by atoms with Crippen molar-refractivity contribution >= 4 is 26.0 Å². The first-order valence-corrected chi connectivity index (χ1v) is 8.71. The average Bonchev–Trinajstić information content (AvgIpc) is 2.78. The molecule has 0 aliphatic heterocycles. The monoisotopic (exact) mass is 346 g/mol. The first-order chi connectivity index (χ1) is 8.95. The van der Waals surface area contributed by atoms with Gasteiger partial charge in [-0.15, -0.1) is 0 Å². The number of nitrogens with one attached hydrogen (secondary N) is 1. The van der Waals surface area contributed by atoms with Gasteiger partial charge in [-0.1, -0.05) is 28.4 Å². The minimum atomic E-state index is -3.48. The third-order valence-electron chi connectivity index (χ3n) is 3.78. The van der Waals surface area contributed by atoms with Crippen LogP contribution in [0.5, 0.6) is 0 Å². The van der Waals surface area contributed by atoms with Gasteiger partial charge in [0.2, 0.25) is 10.0 Å². The van der Waals surface area contributed by atoms with Gasteiger partial charge in [0.05, 0.1) is 4.90 Å². The fraction of sp³-hybridized carbons (Fsp3) is 0.538. The third kappa shape index (κ3) is 3.18. The zero-order valence-corrected chi connectivity index (χ0v) is 13.3. The van der Waals surface area contributed by atoms with E-state index in [1.54, 1.807) is 19.1 Å². The average molecular weight is 347 g/mol. The second-order valence-corrected chi connectivity index (χ2v) is 7.55. The van der Waals surface area contributed by atoms with Crippen molar-refractivity contribution in [3.05, 3.63) is 28.2 Å². The highest BCUT2D eigenvalue weighted by Gasteiger charge is 2.31. The molecule has 1 aromatic rings. The summed E-state index contributed by atoms with van der Waals surface area (Å²) in [5, 5.41) is 0. The maximum absolute atomic E-state index is 12.4. The molecule has 19 heavy (non-hydrogen) atoms. The highest BCUT2D eigenvalue weighted by Crippen LogP contribution is 2.28. The molecule has 1 saturated carbocycles. The van der Waals surface area contributed by atoms with E-state index in [4.69, 9.17) is 5.73 Å². The molecule has 1 fully saturated rings. The summed E-state index contributed by atoms with van der Waals surface area (Å²) in [6, 6.07) is 5.18. The second kappa shape index (κ2) is 5.91. The van der Waals surface area contributed by atoms with Gasteiger partial charge in [-0.25, -0.2) is 13.1 Å². The lowest BCUT2D eigenvalue weighted by Gasteiger charge is -2.20. The fourth-order valence-electron chi connectivity index (χ4n) is 2.62. The zero-order valence-electron chi connectivity index (χ0n) is 10.9. The summed E-state index contributed by atoms with van der Waals surface area (Å²) >= 11 is 3.36. The second-order valence-electron chi connectivity index (χ2n) is 5.02. The van der Waals surface area contributed by atoms with E-state index in [9.17, 15) is 8.42 Å². The highest BCUT2D eigenvalue weighted by molar-refractivity contribution is 9.10. The largest absolute Gasteiger partial charge is 0.330 e. The van der Waals surface area contributed by atoms with Gasteiger partial charge in [0.25, 0.3) is 0 Å². The molecule has 106 valence electrons. The number of benzene rings is 1. The van der Waals surface area contributed by atoms with Crippen LogP contribution >= 0.6 is 15.9 Å². The van der Waals surface area contributed by atoms with Crippen molar-refractivity contribution in [3.63, 3.8) is 0 Å². The van der Waals surface area contributed by atoms with E-state index < -0.39 is 10.0 Å². The molecule has 4 nitrogen and oxygen atoms in total. The Balaban J connectivity index is 2.25. The van der Waals surface area contributed by atoms with Crippen LogP contribution in [0.3, 0.4) is 0 Å². The van der Waals surface area contributed by atoms with E-state index in [0.29, 0.717) is 11.4 Å². The van der Waals surface area contributed by atoms with Crippen molar-refractivity contribution in [1.29, 1.82) is 0 Å². The van der Waals surface area contributed by atoms with E-state index in [-0.39, 0.29) is 12.0 Å². The molecule has 2 unspecified atom stereocenters. The molecule has 1 aliphatic rings. The van der Waals surface area contributed by atoms with E-state index in [0.717, 1.165) is 29.3 Å². The summed E-state index contributed by atoms with van der Waals surface area (Å²) in [5.41, 5.74) is 6.43. The lowest BCUT2D eigenvalue weighted by molar-refractivity contribution is 0.452. The summed E-state index contributed by atoms with van der Waals surface area (Å²) in [6.45, 7) is 2.33. The van der Waals surface area contributed by atoms with E-state index in [1.165, 1.54) is 0 Å². The van der Waals surface area contributed by atoms with Crippen LogP contribution in [0.1, 0.15) is 24.8 Å². The van der Waals surface area contributed by atoms with Crippen LogP contribution in [0.4, 0.5) is 0 Å². The molecule has 0 saturated heterocycles.